The van der Waals surface area contributed by atoms with Crippen LogP contribution in [-0.2, 0) is 14.4 Å². The minimum absolute atomic E-state index is 0.290. The SMILES string of the molecule is C=CC(=O)OCCC(C)(Cl)c1cccc(C)c1C. The average Bonchev–Trinajstić information content (AvgIpc) is 2.32. The minimum Gasteiger partial charge on any atom is -0.462 e. The number of aryl methyl sites for hydroxylation is 1. The molecular formula is C15H19ClO2. The molecule has 1 aromatic rings. The molecule has 0 saturated heterocycles. The highest BCUT2D eigenvalue weighted by Crippen LogP contribution is 2.35. The van der Waals surface area contributed by atoms with Gasteiger partial charge < -0.3 is 4.74 Å². The minimum atomic E-state index is -0.530. The molecule has 18 heavy (non-hydrogen) atoms. The maximum Gasteiger partial charge on any atom is 0.330 e. The number of halogens is 1. The average molecular weight is 267 g/mol. The lowest BCUT2D eigenvalue weighted by atomic mass is 9.91. The predicted octanol–water partition coefficient (Wildman–Crippen LogP) is 3.88. The highest BCUT2D eigenvalue weighted by molar-refractivity contribution is 6.23. The lowest BCUT2D eigenvalue weighted by Crippen LogP contribution is -2.19. The van der Waals surface area contributed by atoms with E-state index in [2.05, 4.69) is 26.5 Å². The summed E-state index contributed by atoms with van der Waals surface area (Å²) in [5, 5.41) is 0. The molecule has 2 nitrogen and oxygen atoms in total. The molecule has 0 spiro atoms. The smallest absolute Gasteiger partial charge is 0.330 e. The summed E-state index contributed by atoms with van der Waals surface area (Å²) >= 11 is 6.55. The van der Waals surface area contributed by atoms with E-state index in [1.54, 1.807) is 0 Å². The molecular weight excluding hydrogens is 248 g/mol. The lowest BCUT2D eigenvalue weighted by Gasteiger charge is -2.25. The third-order valence-corrected chi connectivity index (χ3v) is 3.54. The van der Waals surface area contributed by atoms with Crippen molar-refractivity contribution < 1.29 is 9.53 Å². The van der Waals surface area contributed by atoms with Crippen LogP contribution in [0.4, 0.5) is 0 Å². The summed E-state index contributed by atoms with van der Waals surface area (Å²) in [6.45, 7) is 9.70. The van der Waals surface area contributed by atoms with Gasteiger partial charge in [0.15, 0.2) is 0 Å². The van der Waals surface area contributed by atoms with Crippen LogP contribution in [-0.4, -0.2) is 12.6 Å². The van der Waals surface area contributed by atoms with Crippen molar-refractivity contribution in [3.63, 3.8) is 0 Å². The predicted molar refractivity (Wildman–Crippen MR) is 74.9 cm³/mol. The number of alkyl halides is 1. The Morgan fingerprint density at radius 1 is 1.50 bits per heavy atom. The quantitative estimate of drug-likeness (QED) is 0.459. The second-order valence-corrected chi connectivity index (χ2v) is 5.40. The molecule has 1 unspecified atom stereocenters. The van der Waals surface area contributed by atoms with Crippen LogP contribution in [0.1, 0.15) is 30.0 Å². The molecule has 0 heterocycles. The van der Waals surface area contributed by atoms with Gasteiger partial charge >= 0.3 is 5.97 Å². The van der Waals surface area contributed by atoms with Gasteiger partial charge in [0.2, 0.25) is 0 Å². The van der Waals surface area contributed by atoms with E-state index in [-0.39, 0.29) is 6.61 Å². The third-order valence-electron chi connectivity index (χ3n) is 3.15. The van der Waals surface area contributed by atoms with Gasteiger partial charge in [-0.15, -0.1) is 11.6 Å². The maximum absolute atomic E-state index is 11.0. The normalized spacial score (nSPS) is 13.8. The molecule has 0 saturated carbocycles. The Labute approximate surface area is 114 Å². The molecule has 0 fully saturated rings. The zero-order valence-corrected chi connectivity index (χ0v) is 11.9. The molecule has 0 aliphatic rings. The molecule has 98 valence electrons. The van der Waals surface area contributed by atoms with Gasteiger partial charge in [0.1, 0.15) is 0 Å². The number of carbonyl (C=O) groups is 1. The highest BCUT2D eigenvalue weighted by Gasteiger charge is 2.25. The van der Waals surface area contributed by atoms with Crippen LogP contribution in [0.15, 0.2) is 30.9 Å². The summed E-state index contributed by atoms with van der Waals surface area (Å²) < 4.78 is 4.98. The van der Waals surface area contributed by atoms with Crippen LogP contribution in [0, 0.1) is 13.8 Å². The zero-order valence-electron chi connectivity index (χ0n) is 11.1. The van der Waals surface area contributed by atoms with E-state index in [0.717, 1.165) is 11.6 Å². The van der Waals surface area contributed by atoms with Gasteiger partial charge in [-0.1, -0.05) is 24.8 Å². The molecule has 0 N–H and O–H groups in total. The molecule has 0 aromatic heterocycles. The number of hydrogen-bond acceptors (Lipinski definition) is 2. The first-order chi connectivity index (χ1) is 8.38. The molecule has 0 bridgehead atoms. The fourth-order valence-electron chi connectivity index (χ4n) is 1.85. The summed E-state index contributed by atoms with van der Waals surface area (Å²) in [6, 6.07) is 6.07. The van der Waals surface area contributed by atoms with Gasteiger partial charge in [-0.2, -0.15) is 0 Å². The lowest BCUT2D eigenvalue weighted by molar-refractivity contribution is -0.137. The first-order valence-electron chi connectivity index (χ1n) is 5.93. The zero-order chi connectivity index (χ0) is 13.8. The van der Waals surface area contributed by atoms with Crippen LogP contribution in [0.2, 0.25) is 0 Å². The number of carbonyl (C=O) groups excluding carboxylic acids is 1. The number of benzene rings is 1. The van der Waals surface area contributed by atoms with Crippen LogP contribution in [0.25, 0.3) is 0 Å². The summed E-state index contributed by atoms with van der Waals surface area (Å²) in [6.07, 6.45) is 1.72. The number of esters is 1. The molecule has 1 aromatic carbocycles. The van der Waals surface area contributed by atoms with Crippen molar-refractivity contribution in [3.05, 3.63) is 47.5 Å². The van der Waals surface area contributed by atoms with Gasteiger partial charge in [-0.05, 0) is 37.5 Å². The fourth-order valence-corrected chi connectivity index (χ4v) is 2.13. The topological polar surface area (TPSA) is 26.3 Å². The largest absolute Gasteiger partial charge is 0.462 e. The van der Waals surface area contributed by atoms with Crippen molar-refractivity contribution >= 4 is 17.6 Å². The van der Waals surface area contributed by atoms with Crippen LogP contribution in [0.3, 0.4) is 0 Å². The Morgan fingerprint density at radius 2 is 2.17 bits per heavy atom. The van der Waals surface area contributed by atoms with E-state index >= 15 is 0 Å². The number of rotatable bonds is 5. The van der Waals surface area contributed by atoms with E-state index in [4.69, 9.17) is 16.3 Å². The molecule has 3 heteroatoms. The van der Waals surface area contributed by atoms with Crippen molar-refractivity contribution in [2.75, 3.05) is 6.61 Å². The van der Waals surface area contributed by atoms with Crippen molar-refractivity contribution in [3.8, 4) is 0 Å². The van der Waals surface area contributed by atoms with Crippen molar-refractivity contribution in [1.82, 2.24) is 0 Å². The molecule has 0 amide bonds. The van der Waals surface area contributed by atoms with Gasteiger partial charge in [0.05, 0.1) is 11.5 Å². The Bertz CT molecular complexity index is 450. The van der Waals surface area contributed by atoms with Gasteiger partial charge in [0.25, 0.3) is 0 Å². The first kappa shape index (κ1) is 14.8. The van der Waals surface area contributed by atoms with Crippen LogP contribution < -0.4 is 0 Å². The molecule has 0 aliphatic heterocycles. The van der Waals surface area contributed by atoms with Gasteiger partial charge in [-0.25, -0.2) is 4.79 Å². The molecule has 0 aliphatic carbocycles. The molecule has 1 rings (SSSR count). The Balaban J connectivity index is 2.76. The Hall–Kier alpha value is -1.28. The molecule has 1 atom stereocenters. The molecule has 0 radical (unpaired) electrons. The monoisotopic (exact) mass is 266 g/mol. The summed E-state index contributed by atoms with van der Waals surface area (Å²) in [5.41, 5.74) is 3.48. The van der Waals surface area contributed by atoms with Gasteiger partial charge in [-0.3, -0.25) is 0 Å². The second kappa shape index (κ2) is 6.05. The van der Waals surface area contributed by atoms with Crippen molar-refractivity contribution in [2.45, 2.75) is 32.1 Å². The van der Waals surface area contributed by atoms with E-state index in [0.29, 0.717) is 6.42 Å². The van der Waals surface area contributed by atoms with E-state index < -0.39 is 10.8 Å². The van der Waals surface area contributed by atoms with Gasteiger partial charge in [0, 0.05) is 12.5 Å². The summed E-state index contributed by atoms with van der Waals surface area (Å²) in [5.74, 6) is -0.413. The Kier molecular flexibility index (Phi) is 4.97. The van der Waals surface area contributed by atoms with Crippen LogP contribution in [0.5, 0.6) is 0 Å². The number of hydrogen-bond donors (Lipinski definition) is 0. The fraction of sp³-hybridized carbons (Fsp3) is 0.400. The van der Waals surface area contributed by atoms with E-state index in [1.165, 1.54) is 11.1 Å². The van der Waals surface area contributed by atoms with Crippen molar-refractivity contribution in [2.24, 2.45) is 0 Å². The van der Waals surface area contributed by atoms with Crippen molar-refractivity contribution in [1.29, 1.82) is 0 Å². The maximum atomic E-state index is 11.0. The third kappa shape index (κ3) is 3.61. The highest BCUT2D eigenvalue weighted by atomic mass is 35.5. The Morgan fingerprint density at radius 3 is 2.78 bits per heavy atom. The van der Waals surface area contributed by atoms with E-state index in [1.807, 2.05) is 19.1 Å². The summed E-state index contributed by atoms with van der Waals surface area (Å²) in [4.78, 5) is 10.4. The second-order valence-electron chi connectivity index (χ2n) is 4.57. The van der Waals surface area contributed by atoms with E-state index in [9.17, 15) is 4.79 Å². The first-order valence-corrected chi connectivity index (χ1v) is 6.31. The number of ether oxygens (including phenoxy) is 1. The summed E-state index contributed by atoms with van der Waals surface area (Å²) in [7, 11) is 0. The van der Waals surface area contributed by atoms with Crippen LogP contribution >= 0.6 is 11.6 Å². The standard InChI is InChI=1S/C15H19ClO2/c1-5-14(17)18-10-9-15(4,16)13-8-6-7-11(2)12(13)3/h5-8H,1,9-10H2,2-4H3.